The predicted octanol–water partition coefficient (Wildman–Crippen LogP) is 3.34. The summed E-state index contributed by atoms with van der Waals surface area (Å²) in [5.74, 6) is 0.182. The lowest BCUT2D eigenvalue weighted by Gasteiger charge is -2.10. The summed E-state index contributed by atoms with van der Waals surface area (Å²) in [6, 6.07) is 19.1. The molecule has 136 valence electrons. The molecule has 1 aromatic heterocycles. The Bertz CT molecular complexity index is 923. The zero-order chi connectivity index (χ0) is 19.1. The fraction of sp³-hybridized carbons (Fsp3) is 0.0500. The number of nitrogens with one attached hydrogen (secondary N) is 3. The summed E-state index contributed by atoms with van der Waals surface area (Å²) in [5, 5.41) is 8.48. The normalized spacial score (nSPS) is 10.1. The minimum Gasteiger partial charge on any atom is -0.467 e. The highest BCUT2D eigenvalue weighted by molar-refractivity contribution is 7.80. The summed E-state index contributed by atoms with van der Waals surface area (Å²) in [4.78, 5) is 24.2. The van der Waals surface area contributed by atoms with E-state index < -0.39 is 0 Å². The van der Waals surface area contributed by atoms with Crippen LogP contribution in [0.2, 0.25) is 0 Å². The van der Waals surface area contributed by atoms with Crippen LogP contribution in [0.5, 0.6) is 0 Å². The highest BCUT2D eigenvalue weighted by Gasteiger charge is 2.09. The van der Waals surface area contributed by atoms with Gasteiger partial charge in [-0.05, 0) is 60.7 Å². The molecule has 0 fully saturated rings. The SMILES string of the molecule is O=C(NCc1ccco1)c1ccc(NC(=S)NC(=O)c2ccccc2)cc1. The summed E-state index contributed by atoms with van der Waals surface area (Å²) < 4.78 is 5.17. The molecule has 0 bridgehead atoms. The zero-order valence-electron chi connectivity index (χ0n) is 14.3. The number of anilines is 1. The van der Waals surface area contributed by atoms with E-state index in [0.29, 0.717) is 29.1 Å². The summed E-state index contributed by atoms with van der Waals surface area (Å²) in [5.41, 5.74) is 1.69. The third-order valence-corrected chi connectivity index (χ3v) is 3.88. The number of amides is 2. The molecule has 0 atom stereocenters. The van der Waals surface area contributed by atoms with Crippen LogP contribution in [0.4, 0.5) is 5.69 Å². The van der Waals surface area contributed by atoms with Crippen LogP contribution in [0.15, 0.2) is 77.4 Å². The maximum atomic E-state index is 12.1. The number of carbonyl (C=O) groups excluding carboxylic acids is 2. The van der Waals surface area contributed by atoms with Gasteiger partial charge < -0.3 is 15.1 Å². The molecular formula is C20H17N3O3S. The van der Waals surface area contributed by atoms with E-state index in [1.807, 2.05) is 6.07 Å². The third-order valence-electron chi connectivity index (χ3n) is 3.67. The molecule has 3 aromatic rings. The minimum atomic E-state index is -0.290. The number of rotatable bonds is 5. The lowest BCUT2D eigenvalue weighted by atomic mass is 10.2. The van der Waals surface area contributed by atoms with Gasteiger partial charge in [-0.3, -0.25) is 14.9 Å². The molecular weight excluding hydrogens is 362 g/mol. The van der Waals surface area contributed by atoms with Crippen molar-refractivity contribution in [1.82, 2.24) is 10.6 Å². The molecule has 7 heteroatoms. The van der Waals surface area contributed by atoms with Gasteiger partial charge in [-0.1, -0.05) is 18.2 Å². The van der Waals surface area contributed by atoms with Crippen molar-refractivity contribution in [1.29, 1.82) is 0 Å². The van der Waals surface area contributed by atoms with E-state index in [1.54, 1.807) is 66.9 Å². The first kappa shape index (κ1) is 18.3. The fourth-order valence-corrected chi connectivity index (χ4v) is 2.53. The quantitative estimate of drug-likeness (QED) is 0.592. The summed E-state index contributed by atoms with van der Waals surface area (Å²) in [6.45, 7) is 0.321. The maximum Gasteiger partial charge on any atom is 0.257 e. The smallest absolute Gasteiger partial charge is 0.257 e. The first-order chi connectivity index (χ1) is 13.1. The monoisotopic (exact) mass is 379 g/mol. The topological polar surface area (TPSA) is 83.4 Å². The number of thiocarbonyl (C=S) groups is 1. The fourth-order valence-electron chi connectivity index (χ4n) is 2.31. The standard InChI is InChI=1S/C20H17N3O3S/c24-18(21-13-17-7-4-12-26-17)15-8-10-16(11-9-15)22-20(27)23-19(25)14-5-2-1-3-6-14/h1-12H,13H2,(H,21,24)(H2,22,23,25,27). The number of furan rings is 1. The second-order valence-corrected chi connectivity index (χ2v) is 6.02. The Labute approximate surface area is 161 Å². The lowest BCUT2D eigenvalue weighted by Crippen LogP contribution is -2.34. The van der Waals surface area contributed by atoms with E-state index in [0.717, 1.165) is 0 Å². The molecule has 0 spiro atoms. The van der Waals surface area contributed by atoms with Crippen LogP contribution in [0.25, 0.3) is 0 Å². The van der Waals surface area contributed by atoms with E-state index in [-0.39, 0.29) is 16.9 Å². The molecule has 27 heavy (non-hydrogen) atoms. The molecule has 0 radical (unpaired) electrons. The number of hydrogen-bond donors (Lipinski definition) is 3. The molecule has 3 rings (SSSR count). The van der Waals surface area contributed by atoms with Crippen molar-refractivity contribution in [2.75, 3.05) is 5.32 Å². The average Bonchev–Trinajstić information content (AvgIpc) is 3.21. The molecule has 2 aromatic carbocycles. The van der Waals surface area contributed by atoms with Crippen LogP contribution in [0, 0.1) is 0 Å². The van der Waals surface area contributed by atoms with Gasteiger partial charge in [-0.2, -0.15) is 0 Å². The number of carbonyl (C=O) groups is 2. The zero-order valence-corrected chi connectivity index (χ0v) is 15.1. The summed E-state index contributed by atoms with van der Waals surface area (Å²) in [7, 11) is 0. The Kier molecular flexibility index (Phi) is 5.96. The summed E-state index contributed by atoms with van der Waals surface area (Å²) in [6.07, 6.45) is 1.56. The molecule has 6 nitrogen and oxygen atoms in total. The molecule has 0 saturated carbocycles. The van der Waals surface area contributed by atoms with Crippen LogP contribution >= 0.6 is 12.2 Å². The Morgan fingerprint density at radius 2 is 1.56 bits per heavy atom. The first-order valence-corrected chi connectivity index (χ1v) is 8.60. The van der Waals surface area contributed by atoms with Gasteiger partial charge in [-0.25, -0.2) is 0 Å². The molecule has 0 aliphatic heterocycles. The van der Waals surface area contributed by atoms with Crippen molar-refractivity contribution in [3.05, 3.63) is 89.9 Å². The first-order valence-electron chi connectivity index (χ1n) is 8.20. The second-order valence-electron chi connectivity index (χ2n) is 5.61. The van der Waals surface area contributed by atoms with Gasteiger partial charge in [0.1, 0.15) is 5.76 Å². The summed E-state index contributed by atoms with van der Waals surface area (Å²) >= 11 is 5.15. The minimum absolute atomic E-state index is 0.180. The van der Waals surface area contributed by atoms with E-state index in [1.165, 1.54) is 0 Å². The number of hydrogen-bond acceptors (Lipinski definition) is 4. The Hall–Kier alpha value is -3.45. The molecule has 1 heterocycles. The van der Waals surface area contributed by atoms with Crippen LogP contribution in [0.3, 0.4) is 0 Å². The van der Waals surface area contributed by atoms with Crippen molar-refractivity contribution >= 4 is 34.8 Å². The van der Waals surface area contributed by atoms with Crippen LogP contribution < -0.4 is 16.0 Å². The van der Waals surface area contributed by atoms with E-state index >= 15 is 0 Å². The second kappa shape index (κ2) is 8.77. The van der Waals surface area contributed by atoms with Gasteiger partial charge in [0.05, 0.1) is 12.8 Å². The van der Waals surface area contributed by atoms with Crippen molar-refractivity contribution < 1.29 is 14.0 Å². The van der Waals surface area contributed by atoms with Gasteiger partial charge >= 0.3 is 0 Å². The average molecular weight is 379 g/mol. The van der Waals surface area contributed by atoms with E-state index in [4.69, 9.17) is 16.6 Å². The predicted molar refractivity (Wildman–Crippen MR) is 106 cm³/mol. The van der Waals surface area contributed by atoms with Crippen LogP contribution in [0.1, 0.15) is 26.5 Å². The van der Waals surface area contributed by atoms with Gasteiger partial charge in [-0.15, -0.1) is 0 Å². The van der Waals surface area contributed by atoms with Gasteiger partial charge in [0.2, 0.25) is 0 Å². The van der Waals surface area contributed by atoms with Crippen molar-refractivity contribution in [2.24, 2.45) is 0 Å². The van der Waals surface area contributed by atoms with Crippen LogP contribution in [-0.2, 0) is 6.54 Å². The molecule has 0 saturated heterocycles. The highest BCUT2D eigenvalue weighted by Crippen LogP contribution is 2.10. The highest BCUT2D eigenvalue weighted by atomic mass is 32.1. The molecule has 3 N–H and O–H groups in total. The molecule has 0 unspecified atom stereocenters. The van der Waals surface area contributed by atoms with Crippen molar-refractivity contribution in [3.8, 4) is 0 Å². The largest absolute Gasteiger partial charge is 0.467 e. The molecule has 2 amide bonds. The lowest BCUT2D eigenvalue weighted by molar-refractivity contribution is 0.0946. The molecule has 0 aliphatic carbocycles. The van der Waals surface area contributed by atoms with Gasteiger partial charge in [0, 0.05) is 16.8 Å². The Morgan fingerprint density at radius 1 is 0.852 bits per heavy atom. The number of benzene rings is 2. The van der Waals surface area contributed by atoms with Gasteiger partial charge in [0.25, 0.3) is 11.8 Å². The molecule has 0 aliphatic rings. The van der Waals surface area contributed by atoms with Crippen LogP contribution in [-0.4, -0.2) is 16.9 Å². The van der Waals surface area contributed by atoms with Crippen molar-refractivity contribution in [2.45, 2.75) is 6.54 Å². The Morgan fingerprint density at radius 3 is 2.22 bits per heavy atom. The third kappa shape index (κ3) is 5.26. The Balaban J connectivity index is 1.51. The van der Waals surface area contributed by atoms with E-state index in [9.17, 15) is 9.59 Å². The van der Waals surface area contributed by atoms with Gasteiger partial charge in [0.15, 0.2) is 5.11 Å². The maximum absolute atomic E-state index is 12.1. The van der Waals surface area contributed by atoms with Crippen molar-refractivity contribution in [3.63, 3.8) is 0 Å². The van der Waals surface area contributed by atoms with E-state index in [2.05, 4.69) is 16.0 Å².